The van der Waals surface area contributed by atoms with Gasteiger partial charge in [0.25, 0.3) is 0 Å². The molecule has 1 aromatic carbocycles. The van der Waals surface area contributed by atoms with Gasteiger partial charge in [-0.1, -0.05) is 30.7 Å². The van der Waals surface area contributed by atoms with Crippen molar-refractivity contribution in [2.45, 2.75) is 13.3 Å². The number of hydrogen-bond donors (Lipinski definition) is 1. The van der Waals surface area contributed by atoms with Crippen molar-refractivity contribution >= 4 is 17.6 Å². The van der Waals surface area contributed by atoms with Crippen LogP contribution in [0, 0.1) is 5.92 Å². The lowest BCUT2D eigenvalue weighted by atomic mass is 10.0. The number of carboxylic acids is 1. The first-order chi connectivity index (χ1) is 6.09. The first-order valence-electron chi connectivity index (χ1n) is 4.07. The van der Waals surface area contributed by atoms with Gasteiger partial charge in [-0.25, -0.2) is 0 Å². The van der Waals surface area contributed by atoms with Crippen LogP contribution in [0.4, 0.5) is 0 Å². The van der Waals surface area contributed by atoms with Gasteiger partial charge in [0.1, 0.15) is 0 Å². The molecule has 1 unspecified atom stereocenters. The van der Waals surface area contributed by atoms with Gasteiger partial charge in [0.05, 0.1) is 5.92 Å². The Balaban J connectivity index is 2.64. The van der Waals surface area contributed by atoms with E-state index in [1.807, 2.05) is 12.1 Å². The standard InChI is InChI=1S/C10H11ClO2/c1-7(10(12)13)6-8-2-4-9(11)5-3-8/h2-5,7H,6H2,1H3,(H,12,13). The van der Waals surface area contributed by atoms with E-state index in [1.54, 1.807) is 19.1 Å². The number of hydrogen-bond acceptors (Lipinski definition) is 1. The predicted octanol–water partition coefficient (Wildman–Crippen LogP) is 2.60. The Bertz CT molecular complexity index is 292. The van der Waals surface area contributed by atoms with E-state index in [0.29, 0.717) is 11.4 Å². The summed E-state index contributed by atoms with van der Waals surface area (Å²) in [6.45, 7) is 1.69. The maximum atomic E-state index is 10.5. The number of benzene rings is 1. The van der Waals surface area contributed by atoms with Crippen molar-refractivity contribution in [1.29, 1.82) is 0 Å². The highest BCUT2D eigenvalue weighted by Gasteiger charge is 2.10. The molecule has 0 aliphatic rings. The fourth-order valence-electron chi connectivity index (χ4n) is 1.06. The molecule has 13 heavy (non-hydrogen) atoms. The first kappa shape index (κ1) is 10.1. The lowest BCUT2D eigenvalue weighted by Crippen LogP contribution is -2.11. The number of carboxylic acid groups (broad SMARTS) is 1. The summed E-state index contributed by atoms with van der Waals surface area (Å²) in [7, 11) is 0. The summed E-state index contributed by atoms with van der Waals surface area (Å²) in [5.74, 6) is -1.11. The monoisotopic (exact) mass is 198 g/mol. The lowest BCUT2D eigenvalue weighted by Gasteiger charge is -2.05. The van der Waals surface area contributed by atoms with E-state index in [9.17, 15) is 4.79 Å². The Morgan fingerprint density at radius 3 is 2.46 bits per heavy atom. The van der Waals surface area contributed by atoms with Gasteiger partial charge in [0.15, 0.2) is 0 Å². The molecule has 1 rings (SSSR count). The Morgan fingerprint density at radius 2 is 2.00 bits per heavy atom. The molecule has 0 fully saturated rings. The molecule has 70 valence electrons. The van der Waals surface area contributed by atoms with E-state index in [1.165, 1.54) is 0 Å². The smallest absolute Gasteiger partial charge is 0.306 e. The summed E-state index contributed by atoms with van der Waals surface area (Å²) in [5, 5.41) is 9.34. The number of halogens is 1. The number of carbonyl (C=O) groups is 1. The molecule has 0 radical (unpaired) electrons. The maximum Gasteiger partial charge on any atom is 0.306 e. The first-order valence-corrected chi connectivity index (χ1v) is 4.44. The Kier molecular flexibility index (Phi) is 3.32. The predicted molar refractivity (Wildman–Crippen MR) is 52.0 cm³/mol. The second-order valence-corrected chi connectivity index (χ2v) is 3.51. The zero-order valence-corrected chi connectivity index (χ0v) is 8.08. The normalized spacial score (nSPS) is 12.5. The second kappa shape index (κ2) is 4.28. The van der Waals surface area contributed by atoms with Gasteiger partial charge in [-0.05, 0) is 24.1 Å². The molecule has 0 saturated heterocycles. The summed E-state index contributed by atoms with van der Waals surface area (Å²) < 4.78 is 0. The highest BCUT2D eigenvalue weighted by Crippen LogP contribution is 2.13. The van der Waals surface area contributed by atoms with E-state index in [-0.39, 0.29) is 5.92 Å². The van der Waals surface area contributed by atoms with Gasteiger partial charge < -0.3 is 5.11 Å². The second-order valence-electron chi connectivity index (χ2n) is 3.07. The van der Waals surface area contributed by atoms with Gasteiger partial charge in [0, 0.05) is 5.02 Å². The molecule has 0 spiro atoms. The van der Waals surface area contributed by atoms with Crippen LogP contribution >= 0.6 is 11.6 Å². The fraction of sp³-hybridized carbons (Fsp3) is 0.300. The highest BCUT2D eigenvalue weighted by atomic mass is 35.5. The molecular weight excluding hydrogens is 188 g/mol. The summed E-state index contributed by atoms with van der Waals surface area (Å²) in [5.41, 5.74) is 0.999. The van der Waals surface area contributed by atoms with Crippen LogP contribution in [0.15, 0.2) is 24.3 Å². The van der Waals surface area contributed by atoms with Crippen molar-refractivity contribution < 1.29 is 9.90 Å². The average Bonchev–Trinajstić information content (AvgIpc) is 2.08. The molecule has 3 heteroatoms. The summed E-state index contributed by atoms with van der Waals surface area (Å²) in [4.78, 5) is 10.5. The Labute approximate surface area is 82.2 Å². The zero-order valence-electron chi connectivity index (χ0n) is 7.33. The molecule has 0 aromatic heterocycles. The van der Waals surface area contributed by atoms with Crippen LogP contribution in [-0.2, 0) is 11.2 Å². The van der Waals surface area contributed by atoms with E-state index in [0.717, 1.165) is 5.56 Å². The minimum absolute atomic E-state index is 0.346. The van der Waals surface area contributed by atoms with Crippen LogP contribution in [0.25, 0.3) is 0 Å². The third kappa shape index (κ3) is 3.07. The molecule has 0 heterocycles. The molecular formula is C10H11ClO2. The van der Waals surface area contributed by atoms with Gasteiger partial charge in [0.2, 0.25) is 0 Å². The van der Waals surface area contributed by atoms with E-state index >= 15 is 0 Å². The maximum absolute atomic E-state index is 10.5. The summed E-state index contributed by atoms with van der Waals surface area (Å²) >= 11 is 5.69. The van der Waals surface area contributed by atoms with E-state index in [2.05, 4.69) is 0 Å². The third-order valence-corrected chi connectivity index (χ3v) is 2.13. The Morgan fingerprint density at radius 1 is 1.46 bits per heavy atom. The van der Waals surface area contributed by atoms with Gasteiger partial charge in [-0.2, -0.15) is 0 Å². The molecule has 0 bridgehead atoms. The van der Waals surface area contributed by atoms with Crippen molar-refractivity contribution in [2.75, 3.05) is 0 Å². The van der Waals surface area contributed by atoms with Gasteiger partial charge in [-0.3, -0.25) is 4.79 Å². The molecule has 1 N–H and O–H groups in total. The van der Waals surface area contributed by atoms with Crippen LogP contribution in [0.5, 0.6) is 0 Å². The van der Waals surface area contributed by atoms with Crippen molar-refractivity contribution in [1.82, 2.24) is 0 Å². The molecule has 1 atom stereocenters. The van der Waals surface area contributed by atoms with E-state index in [4.69, 9.17) is 16.7 Å². The van der Waals surface area contributed by atoms with Crippen LogP contribution < -0.4 is 0 Å². The lowest BCUT2D eigenvalue weighted by molar-refractivity contribution is -0.141. The number of rotatable bonds is 3. The topological polar surface area (TPSA) is 37.3 Å². The molecule has 2 nitrogen and oxygen atoms in total. The quantitative estimate of drug-likeness (QED) is 0.811. The summed E-state index contributed by atoms with van der Waals surface area (Å²) in [6, 6.07) is 7.24. The molecule has 0 aliphatic carbocycles. The van der Waals surface area contributed by atoms with Crippen LogP contribution in [0.2, 0.25) is 5.02 Å². The Hall–Kier alpha value is -1.02. The van der Waals surface area contributed by atoms with E-state index < -0.39 is 5.97 Å². The summed E-state index contributed by atoms with van der Waals surface area (Å²) in [6.07, 6.45) is 0.548. The minimum Gasteiger partial charge on any atom is -0.481 e. The SMILES string of the molecule is CC(Cc1ccc(Cl)cc1)C(=O)O. The average molecular weight is 199 g/mol. The van der Waals surface area contributed by atoms with Crippen molar-refractivity contribution in [3.05, 3.63) is 34.9 Å². The van der Waals surface area contributed by atoms with Crippen molar-refractivity contribution in [3.63, 3.8) is 0 Å². The zero-order chi connectivity index (χ0) is 9.84. The minimum atomic E-state index is -0.769. The molecule has 0 amide bonds. The molecule has 1 aromatic rings. The van der Waals surface area contributed by atoms with Crippen molar-refractivity contribution in [3.8, 4) is 0 Å². The van der Waals surface area contributed by atoms with Crippen LogP contribution in [0.1, 0.15) is 12.5 Å². The highest BCUT2D eigenvalue weighted by molar-refractivity contribution is 6.30. The van der Waals surface area contributed by atoms with Gasteiger partial charge in [-0.15, -0.1) is 0 Å². The molecule has 0 saturated carbocycles. The van der Waals surface area contributed by atoms with Gasteiger partial charge >= 0.3 is 5.97 Å². The molecule has 0 aliphatic heterocycles. The van der Waals surface area contributed by atoms with Crippen LogP contribution in [0.3, 0.4) is 0 Å². The fourth-order valence-corrected chi connectivity index (χ4v) is 1.19. The third-order valence-electron chi connectivity index (χ3n) is 1.88. The van der Waals surface area contributed by atoms with Crippen molar-refractivity contribution in [2.24, 2.45) is 5.92 Å². The van der Waals surface area contributed by atoms with Crippen LogP contribution in [-0.4, -0.2) is 11.1 Å². The largest absolute Gasteiger partial charge is 0.481 e. The number of aliphatic carboxylic acids is 1.